The monoisotopic (exact) mass is 441 g/mol. The minimum atomic E-state index is -0.487. The van der Waals surface area contributed by atoms with E-state index in [2.05, 4.69) is 32.1 Å². The van der Waals surface area contributed by atoms with Crippen molar-refractivity contribution in [2.24, 2.45) is 0 Å². The fourth-order valence-electron chi connectivity index (χ4n) is 2.04. The van der Waals surface area contributed by atoms with Crippen molar-refractivity contribution in [3.8, 4) is 5.75 Å². The van der Waals surface area contributed by atoms with Crippen molar-refractivity contribution in [3.63, 3.8) is 0 Å². The van der Waals surface area contributed by atoms with E-state index in [1.165, 1.54) is 12.1 Å². The number of halogens is 2. The molecular weight excluding hydrogens is 426 g/mol. The first-order valence-corrected chi connectivity index (χ1v) is 9.10. The molecule has 2 rings (SSSR count). The van der Waals surface area contributed by atoms with Crippen LogP contribution in [0.15, 0.2) is 53.0 Å². The van der Waals surface area contributed by atoms with E-state index < -0.39 is 5.91 Å². The molecule has 8 heteroatoms. The Morgan fingerprint density at radius 1 is 1.16 bits per heavy atom. The Balaban J connectivity index is 1.72. The number of rotatable bonds is 5. The third-order valence-electron chi connectivity index (χ3n) is 3.29. The number of hydrazine groups is 1. The van der Waals surface area contributed by atoms with Gasteiger partial charge in [0.25, 0.3) is 5.91 Å². The molecule has 0 radical (unpaired) electrons. The summed E-state index contributed by atoms with van der Waals surface area (Å²) < 4.78 is 1.02. The molecule has 0 saturated carbocycles. The number of phenolic OH excluding ortho intramolecular Hbond substituents is 1. The summed E-state index contributed by atoms with van der Waals surface area (Å²) >= 11 is 14.8. The van der Waals surface area contributed by atoms with Gasteiger partial charge in [-0.3, -0.25) is 15.6 Å². The van der Waals surface area contributed by atoms with E-state index in [-0.39, 0.29) is 21.8 Å². The molecule has 0 saturated heterocycles. The molecule has 0 aliphatic heterocycles. The second-order valence-electron chi connectivity index (χ2n) is 5.23. The smallest absolute Gasteiger partial charge is 0.273 e. The topological polar surface area (TPSA) is 73.4 Å². The summed E-state index contributed by atoms with van der Waals surface area (Å²) in [5.41, 5.74) is 6.28. The molecular formula is C17H17BrClN3O2S. The molecule has 0 unspecified atom stereocenters. The van der Waals surface area contributed by atoms with Crippen LogP contribution in [0, 0.1) is 0 Å². The van der Waals surface area contributed by atoms with Gasteiger partial charge in [-0.05, 0) is 48.5 Å². The SMILES string of the molecule is O=C(NNC(=S)NC[C@@H](Cl)Cc1ccc(Br)cc1)c1ccccc1O. The molecule has 0 heterocycles. The van der Waals surface area contributed by atoms with Gasteiger partial charge in [0.15, 0.2) is 5.11 Å². The number of thiocarbonyl (C=S) groups is 1. The number of carbonyl (C=O) groups is 1. The predicted molar refractivity (Wildman–Crippen MR) is 107 cm³/mol. The van der Waals surface area contributed by atoms with Crippen molar-refractivity contribution < 1.29 is 9.90 Å². The molecule has 25 heavy (non-hydrogen) atoms. The summed E-state index contributed by atoms with van der Waals surface area (Å²) in [6.07, 6.45) is 0.689. The van der Waals surface area contributed by atoms with Gasteiger partial charge in [-0.15, -0.1) is 11.6 Å². The van der Waals surface area contributed by atoms with Crippen molar-refractivity contribution in [1.29, 1.82) is 0 Å². The maximum absolute atomic E-state index is 11.9. The lowest BCUT2D eigenvalue weighted by Crippen LogP contribution is -2.48. The third-order valence-corrected chi connectivity index (χ3v) is 4.38. The Morgan fingerprint density at radius 2 is 1.84 bits per heavy atom. The van der Waals surface area contributed by atoms with Gasteiger partial charge in [-0.2, -0.15) is 0 Å². The molecule has 4 N–H and O–H groups in total. The van der Waals surface area contributed by atoms with Crippen molar-refractivity contribution >= 4 is 50.8 Å². The molecule has 0 aliphatic carbocycles. The lowest BCUT2D eigenvalue weighted by atomic mass is 10.1. The summed E-state index contributed by atoms with van der Waals surface area (Å²) in [5.74, 6) is -0.587. The van der Waals surface area contributed by atoms with Crippen LogP contribution in [0.25, 0.3) is 0 Å². The Bertz CT molecular complexity index is 743. The fourth-order valence-corrected chi connectivity index (χ4v) is 2.70. The highest BCUT2D eigenvalue weighted by atomic mass is 79.9. The first-order valence-electron chi connectivity index (χ1n) is 7.46. The van der Waals surface area contributed by atoms with E-state index in [1.54, 1.807) is 12.1 Å². The summed E-state index contributed by atoms with van der Waals surface area (Å²) in [4.78, 5) is 11.9. The molecule has 2 aromatic rings. The van der Waals surface area contributed by atoms with Crippen LogP contribution >= 0.6 is 39.7 Å². The van der Waals surface area contributed by atoms with Crippen molar-refractivity contribution in [2.75, 3.05) is 6.54 Å². The number of carbonyl (C=O) groups excluding carboxylic acids is 1. The van der Waals surface area contributed by atoms with Crippen LogP contribution < -0.4 is 16.2 Å². The van der Waals surface area contributed by atoms with Crippen LogP contribution in [0.2, 0.25) is 0 Å². The van der Waals surface area contributed by atoms with Crippen LogP contribution in [-0.2, 0) is 6.42 Å². The number of amides is 1. The van der Waals surface area contributed by atoms with Crippen molar-refractivity contribution in [3.05, 3.63) is 64.1 Å². The standard InChI is InChI=1S/C17H17BrClN3O2S/c18-12-7-5-11(6-8-12)9-13(19)10-20-17(25)22-21-16(24)14-3-1-2-4-15(14)23/h1-8,13,23H,9-10H2,(H,21,24)(H2,20,22,25)/t13-/m0/s1. The van der Waals surface area contributed by atoms with Crippen LogP contribution in [0.3, 0.4) is 0 Å². The molecule has 5 nitrogen and oxygen atoms in total. The van der Waals surface area contributed by atoms with Gasteiger partial charge >= 0.3 is 0 Å². The highest BCUT2D eigenvalue weighted by Crippen LogP contribution is 2.15. The first kappa shape index (κ1) is 19.5. The molecule has 1 amide bonds. The quantitative estimate of drug-likeness (QED) is 0.325. The Labute approximate surface area is 164 Å². The minimum absolute atomic E-state index is 0.101. The maximum Gasteiger partial charge on any atom is 0.273 e. The zero-order valence-electron chi connectivity index (χ0n) is 13.1. The lowest BCUT2D eigenvalue weighted by molar-refractivity contribution is 0.0941. The number of hydrogen-bond donors (Lipinski definition) is 4. The van der Waals surface area contributed by atoms with E-state index in [0.717, 1.165) is 10.0 Å². The molecule has 0 fully saturated rings. The van der Waals surface area contributed by atoms with Gasteiger partial charge in [0.05, 0.1) is 10.9 Å². The van der Waals surface area contributed by atoms with E-state index in [1.807, 2.05) is 24.3 Å². The zero-order chi connectivity index (χ0) is 18.2. The zero-order valence-corrected chi connectivity index (χ0v) is 16.3. The highest BCUT2D eigenvalue weighted by Gasteiger charge is 2.11. The third kappa shape index (κ3) is 6.53. The maximum atomic E-state index is 11.9. The molecule has 1 atom stereocenters. The van der Waals surface area contributed by atoms with Gasteiger partial charge in [-0.25, -0.2) is 0 Å². The van der Waals surface area contributed by atoms with Crippen molar-refractivity contribution in [1.82, 2.24) is 16.2 Å². The molecule has 0 bridgehead atoms. The van der Waals surface area contributed by atoms with Gasteiger partial charge in [0, 0.05) is 11.0 Å². The van der Waals surface area contributed by atoms with E-state index in [0.29, 0.717) is 13.0 Å². The fraction of sp³-hybridized carbons (Fsp3) is 0.176. The average Bonchev–Trinajstić information content (AvgIpc) is 2.60. The Hall–Kier alpha value is -1.83. The van der Waals surface area contributed by atoms with Gasteiger partial charge < -0.3 is 10.4 Å². The summed E-state index contributed by atoms with van der Waals surface area (Å²) in [5, 5.41) is 12.6. The van der Waals surface area contributed by atoms with E-state index in [9.17, 15) is 9.90 Å². The molecule has 0 spiro atoms. The Kier molecular flexibility index (Phi) is 7.49. The number of nitrogens with one attached hydrogen (secondary N) is 3. The van der Waals surface area contributed by atoms with Crippen LogP contribution in [0.1, 0.15) is 15.9 Å². The van der Waals surface area contributed by atoms with Crippen LogP contribution in [0.5, 0.6) is 5.75 Å². The summed E-state index contributed by atoms with van der Waals surface area (Å²) in [6.45, 7) is 0.440. The second-order valence-corrected chi connectivity index (χ2v) is 7.18. The molecule has 2 aromatic carbocycles. The number of para-hydroxylation sites is 1. The predicted octanol–water partition coefficient (Wildman–Crippen LogP) is 3.11. The molecule has 0 aromatic heterocycles. The normalized spacial score (nSPS) is 11.4. The van der Waals surface area contributed by atoms with Gasteiger partial charge in [-0.1, -0.05) is 40.2 Å². The average molecular weight is 443 g/mol. The summed E-state index contributed by atoms with van der Waals surface area (Å²) in [6, 6.07) is 14.2. The summed E-state index contributed by atoms with van der Waals surface area (Å²) in [7, 11) is 0. The first-order chi connectivity index (χ1) is 12.0. The second kappa shape index (κ2) is 9.60. The van der Waals surface area contributed by atoms with Crippen LogP contribution in [-0.4, -0.2) is 28.0 Å². The van der Waals surface area contributed by atoms with E-state index in [4.69, 9.17) is 23.8 Å². The van der Waals surface area contributed by atoms with Gasteiger partial charge in [0.1, 0.15) is 5.75 Å². The van der Waals surface area contributed by atoms with Crippen LogP contribution in [0.4, 0.5) is 0 Å². The highest BCUT2D eigenvalue weighted by molar-refractivity contribution is 9.10. The number of benzene rings is 2. The number of alkyl halides is 1. The Morgan fingerprint density at radius 3 is 2.52 bits per heavy atom. The minimum Gasteiger partial charge on any atom is -0.507 e. The molecule has 132 valence electrons. The van der Waals surface area contributed by atoms with Gasteiger partial charge in [0.2, 0.25) is 0 Å². The number of hydrogen-bond acceptors (Lipinski definition) is 3. The lowest BCUT2D eigenvalue weighted by Gasteiger charge is -2.15. The van der Waals surface area contributed by atoms with E-state index >= 15 is 0 Å². The van der Waals surface area contributed by atoms with Crippen molar-refractivity contribution in [2.45, 2.75) is 11.8 Å². The number of aromatic hydroxyl groups is 1. The largest absolute Gasteiger partial charge is 0.507 e. The molecule has 0 aliphatic rings. The number of phenols is 1.